The van der Waals surface area contributed by atoms with Crippen molar-refractivity contribution in [2.24, 2.45) is 0 Å². The molecule has 0 aliphatic rings. The van der Waals surface area contributed by atoms with Crippen LogP contribution in [0.15, 0.2) is 18.2 Å². The predicted molar refractivity (Wildman–Crippen MR) is 85.4 cm³/mol. The van der Waals surface area contributed by atoms with E-state index in [1.807, 2.05) is 6.92 Å². The molecule has 0 bridgehead atoms. The molecule has 2 rings (SSSR count). The Morgan fingerprint density at radius 3 is 2.67 bits per heavy atom. The maximum atomic E-state index is 14.1. The van der Waals surface area contributed by atoms with Gasteiger partial charge in [0.25, 0.3) is 0 Å². The van der Waals surface area contributed by atoms with Crippen molar-refractivity contribution in [3.05, 3.63) is 34.6 Å². The van der Waals surface area contributed by atoms with Gasteiger partial charge in [-0.2, -0.15) is 0 Å². The molecule has 0 saturated heterocycles. The van der Waals surface area contributed by atoms with E-state index < -0.39 is 0 Å². The van der Waals surface area contributed by atoms with E-state index in [1.54, 1.807) is 19.2 Å². The molecule has 114 valence electrons. The van der Waals surface area contributed by atoms with Crippen LogP contribution in [0.25, 0.3) is 10.6 Å². The third kappa shape index (κ3) is 3.80. The Balaban J connectivity index is 2.35. The molecule has 1 aromatic heterocycles. The van der Waals surface area contributed by atoms with Crippen molar-refractivity contribution in [1.29, 1.82) is 0 Å². The van der Waals surface area contributed by atoms with Gasteiger partial charge in [0.05, 0.1) is 18.4 Å². The average Bonchev–Trinajstić information content (AvgIpc) is 2.76. The van der Waals surface area contributed by atoms with Crippen LogP contribution >= 0.6 is 11.3 Å². The van der Waals surface area contributed by atoms with Crippen LogP contribution in [0.1, 0.15) is 31.3 Å². The second-order valence-electron chi connectivity index (χ2n) is 5.95. The maximum absolute atomic E-state index is 14.1. The van der Waals surface area contributed by atoms with Gasteiger partial charge in [-0.05, 0) is 39.8 Å². The molecule has 0 aliphatic heterocycles. The molecule has 2 aromatic rings. The van der Waals surface area contributed by atoms with Gasteiger partial charge in [0.2, 0.25) is 0 Å². The number of halogens is 1. The summed E-state index contributed by atoms with van der Waals surface area (Å²) in [6.45, 7) is 9.02. The number of hydrogen-bond donors (Lipinski definition) is 1. The summed E-state index contributed by atoms with van der Waals surface area (Å²) in [6.07, 6.45) is 0. The average molecular weight is 308 g/mol. The van der Waals surface area contributed by atoms with Crippen LogP contribution in [0.2, 0.25) is 0 Å². The van der Waals surface area contributed by atoms with Gasteiger partial charge in [-0.15, -0.1) is 11.3 Å². The van der Waals surface area contributed by atoms with E-state index in [2.05, 4.69) is 31.1 Å². The third-order valence-electron chi connectivity index (χ3n) is 3.08. The zero-order valence-electron chi connectivity index (χ0n) is 13.1. The van der Waals surface area contributed by atoms with Gasteiger partial charge in [0.1, 0.15) is 16.6 Å². The van der Waals surface area contributed by atoms with Crippen molar-refractivity contribution in [3.8, 4) is 16.3 Å². The number of nitrogens with zero attached hydrogens (tertiary/aromatic N) is 1. The summed E-state index contributed by atoms with van der Waals surface area (Å²) in [5.41, 5.74) is 1.40. The van der Waals surface area contributed by atoms with Crippen molar-refractivity contribution in [2.75, 3.05) is 7.11 Å². The van der Waals surface area contributed by atoms with Crippen LogP contribution < -0.4 is 10.1 Å². The number of ether oxygens (including phenoxy) is 1. The first-order valence-electron chi connectivity index (χ1n) is 6.86. The summed E-state index contributed by atoms with van der Waals surface area (Å²) in [7, 11) is 1.54. The smallest absolute Gasteiger partial charge is 0.137 e. The molecular weight excluding hydrogens is 287 g/mol. The molecular formula is C16H21FN2OS. The van der Waals surface area contributed by atoms with Gasteiger partial charge in [0, 0.05) is 17.0 Å². The standard InChI is InChI=1S/C16H21FN2OS/c1-10-13(9-18-16(2,3)4)21-15(19-10)14-11(17)7-6-8-12(14)20-5/h6-8,18H,9H2,1-5H3. The fourth-order valence-corrected chi connectivity index (χ4v) is 2.98. The number of rotatable bonds is 4. The monoisotopic (exact) mass is 308 g/mol. The summed E-state index contributed by atoms with van der Waals surface area (Å²) in [6, 6.07) is 4.82. The van der Waals surface area contributed by atoms with E-state index in [1.165, 1.54) is 17.4 Å². The zero-order valence-corrected chi connectivity index (χ0v) is 13.9. The minimum absolute atomic E-state index is 0.0340. The topological polar surface area (TPSA) is 34.1 Å². The van der Waals surface area contributed by atoms with Crippen LogP contribution in [-0.4, -0.2) is 17.6 Å². The summed E-state index contributed by atoms with van der Waals surface area (Å²) < 4.78 is 19.4. The Labute approximate surface area is 129 Å². The van der Waals surface area contributed by atoms with Crippen LogP contribution in [0.3, 0.4) is 0 Å². The Morgan fingerprint density at radius 1 is 1.33 bits per heavy atom. The highest BCUT2D eigenvalue weighted by atomic mass is 32.1. The van der Waals surface area contributed by atoms with Crippen LogP contribution in [0, 0.1) is 12.7 Å². The Kier molecular flexibility index (Phi) is 4.64. The number of aryl methyl sites for hydroxylation is 1. The normalized spacial score (nSPS) is 11.7. The summed E-state index contributed by atoms with van der Waals surface area (Å²) in [5.74, 6) is 0.206. The molecule has 0 radical (unpaired) electrons. The molecule has 1 N–H and O–H groups in total. The fourth-order valence-electron chi connectivity index (χ4n) is 1.93. The SMILES string of the molecule is COc1cccc(F)c1-c1nc(C)c(CNC(C)(C)C)s1. The highest BCUT2D eigenvalue weighted by Gasteiger charge is 2.18. The van der Waals surface area contributed by atoms with Crippen LogP contribution in [0.5, 0.6) is 5.75 Å². The summed E-state index contributed by atoms with van der Waals surface area (Å²) in [5, 5.41) is 4.09. The number of thiazole rings is 1. The Hall–Kier alpha value is -1.46. The number of methoxy groups -OCH3 is 1. The van der Waals surface area contributed by atoms with Crippen molar-refractivity contribution in [1.82, 2.24) is 10.3 Å². The summed E-state index contributed by atoms with van der Waals surface area (Å²) in [4.78, 5) is 5.63. The first-order chi connectivity index (χ1) is 9.81. The lowest BCUT2D eigenvalue weighted by Crippen LogP contribution is -2.34. The predicted octanol–water partition coefficient (Wildman–Crippen LogP) is 4.15. The number of aromatic nitrogens is 1. The second kappa shape index (κ2) is 6.12. The molecule has 0 fully saturated rings. The molecule has 5 heteroatoms. The van der Waals surface area contributed by atoms with Crippen LogP contribution in [0.4, 0.5) is 4.39 Å². The van der Waals surface area contributed by atoms with E-state index in [9.17, 15) is 4.39 Å². The van der Waals surface area contributed by atoms with Crippen molar-refractivity contribution >= 4 is 11.3 Å². The minimum atomic E-state index is -0.307. The second-order valence-corrected chi connectivity index (χ2v) is 7.03. The van der Waals surface area contributed by atoms with Gasteiger partial charge >= 0.3 is 0 Å². The first kappa shape index (κ1) is 15.9. The third-order valence-corrected chi connectivity index (χ3v) is 4.26. The molecule has 21 heavy (non-hydrogen) atoms. The number of benzene rings is 1. The highest BCUT2D eigenvalue weighted by Crippen LogP contribution is 2.36. The highest BCUT2D eigenvalue weighted by molar-refractivity contribution is 7.15. The van der Waals surface area contributed by atoms with Gasteiger partial charge in [-0.25, -0.2) is 9.37 Å². The molecule has 0 saturated carbocycles. The lowest BCUT2D eigenvalue weighted by atomic mass is 10.1. The van der Waals surface area contributed by atoms with Gasteiger partial charge < -0.3 is 10.1 Å². The molecule has 0 aliphatic carbocycles. The van der Waals surface area contributed by atoms with Crippen molar-refractivity contribution in [2.45, 2.75) is 39.8 Å². The van der Waals surface area contributed by atoms with E-state index in [0.29, 0.717) is 16.3 Å². The van der Waals surface area contributed by atoms with Crippen molar-refractivity contribution < 1.29 is 9.13 Å². The van der Waals surface area contributed by atoms with Crippen molar-refractivity contribution in [3.63, 3.8) is 0 Å². The maximum Gasteiger partial charge on any atom is 0.137 e. The molecule has 0 atom stereocenters. The molecule has 3 nitrogen and oxygen atoms in total. The lowest BCUT2D eigenvalue weighted by molar-refractivity contribution is 0.413. The fraction of sp³-hybridized carbons (Fsp3) is 0.438. The zero-order chi connectivity index (χ0) is 15.6. The minimum Gasteiger partial charge on any atom is -0.496 e. The van der Waals surface area contributed by atoms with Gasteiger partial charge in [0.15, 0.2) is 0 Å². The molecule has 1 aromatic carbocycles. The van der Waals surface area contributed by atoms with E-state index in [-0.39, 0.29) is 11.4 Å². The largest absolute Gasteiger partial charge is 0.496 e. The quantitative estimate of drug-likeness (QED) is 0.921. The lowest BCUT2D eigenvalue weighted by Gasteiger charge is -2.19. The van der Waals surface area contributed by atoms with Gasteiger partial charge in [-0.3, -0.25) is 0 Å². The van der Waals surface area contributed by atoms with E-state index in [4.69, 9.17) is 4.74 Å². The van der Waals surface area contributed by atoms with Crippen LogP contribution in [-0.2, 0) is 6.54 Å². The molecule has 0 amide bonds. The Bertz CT molecular complexity index is 632. The number of hydrogen-bond acceptors (Lipinski definition) is 4. The van der Waals surface area contributed by atoms with E-state index >= 15 is 0 Å². The molecule has 0 unspecified atom stereocenters. The molecule has 0 spiro atoms. The van der Waals surface area contributed by atoms with Gasteiger partial charge in [-0.1, -0.05) is 6.07 Å². The van der Waals surface area contributed by atoms with E-state index in [0.717, 1.165) is 17.1 Å². The number of nitrogens with one attached hydrogen (secondary N) is 1. The first-order valence-corrected chi connectivity index (χ1v) is 7.67. The Morgan fingerprint density at radius 2 is 2.05 bits per heavy atom. The summed E-state index contributed by atoms with van der Waals surface area (Å²) >= 11 is 1.50. The molecule has 1 heterocycles.